The van der Waals surface area contributed by atoms with Gasteiger partial charge in [0.25, 0.3) is 0 Å². The van der Waals surface area contributed by atoms with Crippen LogP contribution < -0.4 is 5.32 Å². The van der Waals surface area contributed by atoms with Crippen LogP contribution in [0.3, 0.4) is 0 Å². The number of nitrogens with one attached hydrogen (secondary N) is 1. The predicted octanol–water partition coefficient (Wildman–Crippen LogP) is 5.81. The summed E-state index contributed by atoms with van der Waals surface area (Å²) >= 11 is 1.89. The van der Waals surface area contributed by atoms with E-state index in [1.807, 2.05) is 11.3 Å². The van der Waals surface area contributed by atoms with Crippen LogP contribution in [0.5, 0.6) is 0 Å². The van der Waals surface area contributed by atoms with Gasteiger partial charge >= 0.3 is 0 Å². The molecule has 0 aliphatic carbocycles. The summed E-state index contributed by atoms with van der Waals surface area (Å²) in [6, 6.07) is 0.467. The quantitative estimate of drug-likeness (QED) is 0.493. The van der Waals surface area contributed by atoms with E-state index in [9.17, 15) is 0 Å². The Bertz CT molecular complexity index is 373. The van der Waals surface area contributed by atoms with Gasteiger partial charge in [-0.1, -0.05) is 65.7 Å². The van der Waals surface area contributed by atoms with Gasteiger partial charge in [0, 0.05) is 4.88 Å². The van der Waals surface area contributed by atoms with Gasteiger partial charge in [0.2, 0.25) is 0 Å². The summed E-state index contributed by atoms with van der Waals surface area (Å²) in [7, 11) is 0. The van der Waals surface area contributed by atoms with Gasteiger partial charge in [0.15, 0.2) is 0 Å². The molecular formula is C18H34N2S. The molecule has 0 saturated carbocycles. The molecule has 2 nitrogen and oxygen atoms in total. The summed E-state index contributed by atoms with van der Waals surface area (Å²) in [5, 5.41) is 4.93. The third-order valence-corrected chi connectivity index (χ3v) is 5.22. The molecule has 0 aliphatic heterocycles. The maximum absolute atomic E-state index is 4.84. The summed E-state index contributed by atoms with van der Waals surface area (Å²) in [6.07, 6.45) is 11.9. The van der Waals surface area contributed by atoms with E-state index in [0.29, 0.717) is 6.04 Å². The fourth-order valence-corrected chi connectivity index (χ4v) is 3.91. The van der Waals surface area contributed by atoms with Crippen LogP contribution in [0.15, 0.2) is 0 Å². The Kier molecular flexibility index (Phi) is 9.94. The SMILES string of the molecule is CCCCCCCCCC(NCC)c1nc(CC)c(C)s1. The van der Waals surface area contributed by atoms with Crippen LogP contribution in [0.1, 0.15) is 93.8 Å². The van der Waals surface area contributed by atoms with Crippen molar-refractivity contribution in [1.82, 2.24) is 10.3 Å². The standard InChI is InChI=1S/C18H34N2S/c1-5-8-9-10-11-12-13-14-17(19-7-3)18-20-16(6-2)15(4)21-18/h17,19H,5-14H2,1-4H3. The first-order chi connectivity index (χ1) is 10.2. The Hall–Kier alpha value is -0.410. The molecule has 1 aromatic heterocycles. The Balaban J connectivity index is 2.35. The van der Waals surface area contributed by atoms with Crippen molar-refractivity contribution in [2.24, 2.45) is 0 Å². The highest BCUT2D eigenvalue weighted by Gasteiger charge is 2.15. The number of rotatable bonds is 12. The van der Waals surface area contributed by atoms with Gasteiger partial charge in [-0.15, -0.1) is 11.3 Å². The lowest BCUT2D eigenvalue weighted by Crippen LogP contribution is -2.20. The van der Waals surface area contributed by atoms with Crippen molar-refractivity contribution in [1.29, 1.82) is 0 Å². The third-order valence-electron chi connectivity index (χ3n) is 4.09. The predicted molar refractivity (Wildman–Crippen MR) is 95.3 cm³/mol. The molecule has 1 heterocycles. The zero-order valence-electron chi connectivity index (χ0n) is 14.5. The lowest BCUT2D eigenvalue weighted by atomic mass is 10.1. The van der Waals surface area contributed by atoms with Crippen LogP contribution in [-0.2, 0) is 6.42 Å². The smallest absolute Gasteiger partial charge is 0.110 e. The molecule has 3 heteroatoms. The minimum Gasteiger partial charge on any atom is -0.308 e. The molecule has 0 amide bonds. The maximum Gasteiger partial charge on any atom is 0.110 e. The Labute approximate surface area is 135 Å². The molecule has 0 spiro atoms. The first-order valence-corrected chi connectivity index (χ1v) is 9.74. The van der Waals surface area contributed by atoms with E-state index in [4.69, 9.17) is 4.98 Å². The lowest BCUT2D eigenvalue weighted by Gasteiger charge is -2.15. The van der Waals surface area contributed by atoms with Crippen LogP contribution >= 0.6 is 11.3 Å². The largest absolute Gasteiger partial charge is 0.308 e. The van der Waals surface area contributed by atoms with E-state index >= 15 is 0 Å². The van der Waals surface area contributed by atoms with Crippen molar-refractivity contribution in [3.05, 3.63) is 15.6 Å². The van der Waals surface area contributed by atoms with Crippen LogP contribution in [0.25, 0.3) is 0 Å². The summed E-state index contributed by atoms with van der Waals surface area (Å²) in [5.41, 5.74) is 1.29. The molecule has 0 saturated heterocycles. The highest BCUT2D eigenvalue weighted by atomic mass is 32.1. The molecule has 1 aromatic rings. The second-order valence-electron chi connectivity index (χ2n) is 5.93. The molecule has 1 atom stereocenters. The highest BCUT2D eigenvalue weighted by Crippen LogP contribution is 2.27. The average Bonchev–Trinajstić information content (AvgIpc) is 2.86. The lowest BCUT2D eigenvalue weighted by molar-refractivity contribution is 0.473. The van der Waals surface area contributed by atoms with Gasteiger partial charge in [-0.05, 0) is 26.3 Å². The van der Waals surface area contributed by atoms with E-state index in [1.54, 1.807) is 0 Å². The third kappa shape index (κ3) is 6.92. The number of hydrogen-bond donors (Lipinski definition) is 1. The topological polar surface area (TPSA) is 24.9 Å². The average molecular weight is 311 g/mol. The molecule has 0 bridgehead atoms. The van der Waals surface area contributed by atoms with E-state index < -0.39 is 0 Å². The minimum absolute atomic E-state index is 0.467. The van der Waals surface area contributed by atoms with Crippen molar-refractivity contribution in [3.63, 3.8) is 0 Å². The van der Waals surface area contributed by atoms with Gasteiger partial charge in [-0.25, -0.2) is 4.98 Å². The second kappa shape index (κ2) is 11.2. The van der Waals surface area contributed by atoms with Crippen molar-refractivity contribution < 1.29 is 0 Å². The number of thiazole rings is 1. The molecule has 0 aromatic carbocycles. The van der Waals surface area contributed by atoms with Crippen LogP contribution in [-0.4, -0.2) is 11.5 Å². The van der Waals surface area contributed by atoms with E-state index in [-0.39, 0.29) is 0 Å². The number of unbranched alkanes of at least 4 members (excludes halogenated alkanes) is 6. The van der Waals surface area contributed by atoms with Gasteiger partial charge in [0.05, 0.1) is 11.7 Å². The number of hydrogen-bond acceptors (Lipinski definition) is 3. The Morgan fingerprint density at radius 3 is 2.24 bits per heavy atom. The molecule has 21 heavy (non-hydrogen) atoms. The molecule has 1 N–H and O–H groups in total. The van der Waals surface area contributed by atoms with Gasteiger partial charge < -0.3 is 5.32 Å². The van der Waals surface area contributed by atoms with Crippen molar-refractivity contribution in [3.8, 4) is 0 Å². The molecule has 0 radical (unpaired) electrons. The number of aryl methyl sites for hydroxylation is 2. The van der Waals surface area contributed by atoms with Crippen molar-refractivity contribution >= 4 is 11.3 Å². The minimum atomic E-state index is 0.467. The van der Waals surface area contributed by atoms with Crippen LogP contribution in [0.4, 0.5) is 0 Å². The maximum atomic E-state index is 4.84. The van der Waals surface area contributed by atoms with Crippen molar-refractivity contribution in [2.75, 3.05) is 6.54 Å². The van der Waals surface area contributed by atoms with Gasteiger partial charge in [-0.2, -0.15) is 0 Å². The molecular weight excluding hydrogens is 276 g/mol. The monoisotopic (exact) mass is 310 g/mol. The molecule has 1 unspecified atom stereocenters. The van der Waals surface area contributed by atoms with Crippen LogP contribution in [0, 0.1) is 6.92 Å². The zero-order chi connectivity index (χ0) is 15.5. The number of aromatic nitrogens is 1. The normalized spacial score (nSPS) is 12.8. The summed E-state index contributed by atoms with van der Waals surface area (Å²) in [6.45, 7) is 9.91. The Morgan fingerprint density at radius 2 is 1.67 bits per heavy atom. The number of nitrogens with zero attached hydrogens (tertiary/aromatic N) is 1. The fourth-order valence-electron chi connectivity index (χ4n) is 2.79. The highest BCUT2D eigenvalue weighted by molar-refractivity contribution is 7.11. The van der Waals surface area contributed by atoms with E-state index in [0.717, 1.165) is 13.0 Å². The first-order valence-electron chi connectivity index (χ1n) is 8.92. The molecule has 1 rings (SSSR count). The van der Waals surface area contributed by atoms with Gasteiger partial charge in [-0.3, -0.25) is 0 Å². The molecule has 122 valence electrons. The first kappa shape index (κ1) is 18.6. The summed E-state index contributed by atoms with van der Waals surface area (Å²) < 4.78 is 0. The molecule has 0 aliphatic rings. The summed E-state index contributed by atoms with van der Waals surface area (Å²) in [4.78, 5) is 6.24. The van der Waals surface area contributed by atoms with Crippen LogP contribution in [0.2, 0.25) is 0 Å². The van der Waals surface area contributed by atoms with E-state index in [2.05, 4.69) is 33.0 Å². The van der Waals surface area contributed by atoms with Gasteiger partial charge in [0.1, 0.15) is 5.01 Å². The van der Waals surface area contributed by atoms with E-state index in [1.165, 1.54) is 66.9 Å². The summed E-state index contributed by atoms with van der Waals surface area (Å²) in [5.74, 6) is 0. The fraction of sp³-hybridized carbons (Fsp3) is 0.833. The Morgan fingerprint density at radius 1 is 1.00 bits per heavy atom. The zero-order valence-corrected chi connectivity index (χ0v) is 15.3. The molecule has 0 fully saturated rings. The second-order valence-corrected chi connectivity index (χ2v) is 7.16. The van der Waals surface area contributed by atoms with Crippen molar-refractivity contribution in [2.45, 2.75) is 91.5 Å².